The minimum absolute atomic E-state index is 0.0195. The number of thioether (sulfide) groups is 1. The molecule has 27 heavy (non-hydrogen) atoms. The molecule has 0 aromatic heterocycles. The van der Waals surface area contributed by atoms with Crippen molar-refractivity contribution in [3.63, 3.8) is 0 Å². The zero-order valence-electron chi connectivity index (χ0n) is 14.5. The average molecular weight is 449 g/mol. The van der Waals surface area contributed by atoms with Crippen LogP contribution in [0.1, 0.15) is 5.56 Å². The van der Waals surface area contributed by atoms with E-state index in [2.05, 4.69) is 25.9 Å². The van der Waals surface area contributed by atoms with E-state index < -0.39 is 0 Å². The number of hydrogen-bond donors (Lipinski definition) is 1. The van der Waals surface area contributed by atoms with E-state index in [0.29, 0.717) is 17.8 Å². The zero-order chi connectivity index (χ0) is 18.9. The van der Waals surface area contributed by atoms with E-state index in [1.54, 1.807) is 35.3 Å². The Hall–Kier alpha value is -1.94. The standard InChI is InChI=1S/C18H19BrN5O2S/c19-17-22-16(14-10-21-6-8-24(14,17)20)15-11-23(7-9-27-15)18(25)26-12-13-4-2-1-3-5-13/h1-6,8,10,15H,7,9,11-12,20H2/q+1. The van der Waals surface area contributed by atoms with Gasteiger partial charge in [-0.25, -0.2) is 4.79 Å². The van der Waals surface area contributed by atoms with Crippen LogP contribution >= 0.6 is 27.7 Å². The number of amidine groups is 1. The van der Waals surface area contributed by atoms with Gasteiger partial charge in [-0.05, 0) is 5.56 Å². The predicted octanol–water partition coefficient (Wildman–Crippen LogP) is 2.96. The number of hydrogen-bond acceptors (Lipinski definition) is 6. The molecule has 0 aliphatic carbocycles. The van der Waals surface area contributed by atoms with Gasteiger partial charge in [0, 0.05) is 34.8 Å². The molecular formula is C18H19BrN5O2S+. The number of carbonyl (C=O) groups is 1. The van der Waals surface area contributed by atoms with Crippen LogP contribution in [0.2, 0.25) is 0 Å². The number of carbonyl (C=O) groups excluding carboxylic acids is 1. The summed E-state index contributed by atoms with van der Waals surface area (Å²) in [7, 11) is 0. The first-order chi connectivity index (χ1) is 13.1. The molecule has 9 heteroatoms. The molecule has 140 valence electrons. The van der Waals surface area contributed by atoms with Gasteiger partial charge in [-0.1, -0.05) is 30.3 Å². The maximum Gasteiger partial charge on any atom is 0.410 e. The minimum Gasteiger partial charge on any atom is -0.445 e. The molecule has 2 unspecified atom stereocenters. The molecule has 1 amide bonds. The molecule has 7 nitrogen and oxygen atoms in total. The van der Waals surface area contributed by atoms with Gasteiger partial charge >= 0.3 is 10.8 Å². The van der Waals surface area contributed by atoms with Crippen LogP contribution in [-0.4, -0.2) is 50.6 Å². The molecule has 1 aromatic rings. The van der Waals surface area contributed by atoms with Crippen LogP contribution in [0.3, 0.4) is 0 Å². The second kappa shape index (κ2) is 7.59. The van der Waals surface area contributed by atoms with Crippen molar-refractivity contribution in [3.8, 4) is 0 Å². The molecule has 1 saturated heterocycles. The van der Waals surface area contributed by atoms with Crippen molar-refractivity contribution < 1.29 is 14.1 Å². The van der Waals surface area contributed by atoms with Crippen LogP contribution < -0.4 is 5.84 Å². The Morgan fingerprint density at radius 1 is 1.41 bits per heavy atom. The number of ether oxygens (including phenoxy) is 1. The third kappa shape index (κ3) is 3.60. The Bertz CT molecular complexity index is 870. The Kier molecular flexibility index (Phi) is 5.18. The zero-order valence-corrected chi connectivity index (χ0v) is 16.9. The molecule has 0 saturated carbocycles. The van der Waals surface area contributed by atoms with E-state index in [-0.39, 0.29) is 22.5 Å². The van der Waals surface area contributed by atoms with Crippen molar-refractivity contribution in [2.45, 2.75) is 11.9 Å². The molecular weight excluding hydrogens is 430 g/mol. The van der Waals surface area contributed by atoms with E-state index >= 15 is 0 Å². The molecule has 1 aromatic carbocycles. The van der Waals surface area contributed by atoms with E-state index in [9.17, 15) is 4.79 Å². The number of benzene rings is 1. The molecule has 2 atom stereocenters. The summed E-state index contributed by atoms with van der Waals surface area (Å²) < 4.78 is 6.07. The van der Waals surface area contributed by atoms with Crippen LogP contribution in [0.4, 0.5) is 4.79 Å². The number of halogens is 1. The Morgan fingerprint density at radius 3 is 3.04 bits per heavy atom. The molecule has 3 aliphatic rings. The number of fused-ring (bicyclic) bond motifs is 1. The molecule has 1 fully saturated rings. The van der Waals surface area contributed by atoms with Gasteiger partial charge in [-0.2, -0.15) is 10.8 Å². The van der Waals surface area contributed by atoms with Gasteiger partial charge < -0.3 is 9.64 Å². The van der Waals surface area contributed by atoms with Crippen LogP contribution in [0, 0.1) is 0 Å². The van der Waals surface area contributed by atoms with Crippen molar-refractivity contribution in [1.82, 2.24) is 4.90 Å². The highest BCUT2D eigenvalue weighted by Gasteiger charge is 2.45. The molecule has 0 bridgehead atoms. The lowest BCUT2D eigenvalue weighted by Crippen LogP contribution is -2.50. The minimum atomic E-state index is -0.304. The van der Waals surface area contributed by atoms with E-state index in [1.165, 1.54) is 0 Å². The van der Waals surface area contributed by atoms with Gasteiger partial charge in [0.2, 0.25) is 5.70 Å². The van der Waals surface area contributed by atoms with Gasteiger partial charge in [0.25, 0.3) is 0 Å². The van der Waals surface area contributed by atoms with Crippen LogP contribution in [0.25, 0.3) is 0 Å². The highest BCUT2D eigenvalue weighted by Crippen LogP contribution is 2.37. The lowest BCUT2D eigenvalue weighted by Gasteiger charge is -2.31. The third-order valence-electron chi connectivity index (χ3n) is 4.60. The summed E-state index contributed by atoms with van der Waals surface area (Å²) in [5.41, 5.74) is 2.64. The maximum atomic E-state index is 12.5. The summed E-state index contributed by atoms with van der Waals surface area (Å²) in [6, 6.07) is 9.67. The number of allylic oxidation sites excluding steroid dienone is 1. The van der Waals surface area contributed by atoms with Gasteiger partial charge in [0.15, 0.2) is 0 Å². The van der Waals surface area contributed by atoms with Gasteiger partial charge in [0.1, 0.15) is 18.5 Å². The summed E-state index contributed by atoms with van der Waals surface area (Å²) >= 11 is 5.23. The van der Waals surface area contributed by atoms with Crippen LogP contribution in [0.5, 0.6) is 0 Å². The highest BCUT2D eigenvalue weighted by molar-refractivity contribution is 9.18. The van der Waals surface area contributed by atoms with Crippen molar-refractivity contribution >= 4 is 44.7 Å². The topological polar surface area (TPSA) is 80.3 Å². The van der Waals surface area contributed by atoms with Crippen LogP contribution in [-0.2, 0) is 11.3 Å². The Labute approximate surface area is 170 Å². The summed E-state index contributed by atoms with van der Waals surface area (Å²) in [6.45, 7) is 1.45. The molecule has 3 heterocycles. The first-order valence-electron chi connectivity index (χ1n) is 8.53. The third-order valence-corrected chi connectivity index (χ3v) is 6.56. The highest BCUT2D eigenvalue weighted by atomic mass is 79.9. The fourth-order valence-electron chi connectivity index (χ4n) is 3.12. The molecule has 2 N–H and O–H groups in total. The summed E-state index contributed by atoms with van der Waals surface area (Å²) in [6.07, 6.45) is 4.86. The fraction of sp³-hybridized carbons (Fsp3) is 0.278. The molecule has 3 aliphatic heterocycles. The summed E-state index contributed by atoms with van der Waals surface area (Å²) in [4.78, 5) is 23.1. The first-order valence-corrected chi connectivity index (χ1v) is 10.4. The number of nitrogens with two attached hydrogens (primary N) is 1. The molecule has 0 spiro atoms. The van der Waals surface area contributed by atoms with Crippen molar-refractivity contribution in [2.75, 3.05) is 18.8 Å². The summed E-state index contributed by atoms with van der Waals surface area (Å²) in [5.74, 6) is 7.23. The van der Waals surface area contributed by atoms with Crippen molar-refractivity contribution in [1.29, 1.82) is 0 Å². The van der Waals surface area contributed by atoms with E-state index in [1.807, 2.05) is 30.3 Å². The number of nitrogens with zero attached hydrogens (tertiary/aromatic N) is 4. The Balaban J connectivity index is 1.45. The fourth-order valence-corrected chi connectivity index (χ4v) is 4.84. The monoisotopic (exact) mass is 448 g/mol. The molecule has 4 rings (SSSR count). The largest absolute Gasteiger partial charge is 0.445 e. The number of rotatable bonds is 3. The quantitative estimate of drug-likeness (QED) is 0.437. The Morgan fingerprint density at radius 2 is 2.22 bits per heavy atom. The average Bonchev–Trinajstić information content (AvgIpc) is 2.98. The first kappa shape index (κ1) is 18.4. The second-order valence-electron chi connectivity index (χ2n) is 6.35. The SMILES string of the molecule is N[N+]12C=CN=CC1=C(C1CN(C(=O)OCc3ccccc3)CCS1)N=C2Br. The van der Waals surface area contributed by atoms with Gasteiger partial charge in [-0.15, -0.1) is 16.4 Å². The van der Waals surface area contributed by atoms with Gasteiger partial charge in [-0.3, -0.25) is 4.99 Å². The lowest BCUT2D eigenvalue weighted by molar-refractivity contribution is -0.746. The smallest absolute Gasteiger partial charge is 0.410 e. The van der Waals surface area contributed by atoms with Crippen molar-refractivity contribution in [2.24, 2.45) is 15.8 Å². The number of quaternary nitrogens is 1. The van der Waals surface area contributed by atoms with E-state index in [0.717, 1.165) is 22.7 Å². The van der Waals surface area contributed by atoms with Crippen molar-refractivity contribution in [3.05, 3.63) is 59.7 Å². The predicted molar refractivity (Wildman–Crippen MR) is 110 cm³/mol. The van der Waals surface area contributed by atoms with Gasteiger partial charge in [0.05, 0.1) is 17.7 Å². The number of amides is 1. The number of aliphatic imine (C=N–C) groups is 2. The van der Waals surface area contributed by atoms with E-state index in [4.69, 9.17) is 10.6 Å². The second-order valence-corrected chi connectivity index (χ2v) is 8.37. The summed E-state index contributed by atoms with van der Waals surface area (Å²) in [5, 5.41) is 0.0204. The maximum absolute atomic E-state index is 12.5. The van der Waals surface area contributed by atoms with Crippen LogP contribution in [0.15, 0.2) is 64.1 Å². The normalized spacial score (nSPS) is 26.8. The molecule has 0 radical (unpaired) electrons. The lowest BCUT2D eigenvalue weighted by atomic mass is 10.2.